The predicted molar refractivity (Wildman–Crippen MR) is 40.1 cm³/mol. The second-order valence-electron chi connectivity index (χ2n) is 0.707. The van der Waals surface area contributed by atoms with Gasteiger partial charge in [0.25, 0.3) is 0 Å². The van der Waals surface area contributed by atoms with Crippen LogP contribution >= 0.6 is 43.2 Å². The fourth-order valence-corrected chi connectivity index (χ4v) is 0. The molecule has 0 unspecified atom stereocenters. The van der Waals surface area contributed by atoms with Gasteiger partial charge in [0.1, 0.15) is 0 Å². The standard InChI is InChI=1S/2CH2S2/c2*1-2-3-1/h2*1H2. The highest BCUT2D eigenvalue weighted by molar-refractivity contribution is 8.92. The van der Waals surface area contributed by atoms with E-state index < -0.39 is 0 Å². The summed E-state index contributed by atoms with van der Waals surface area (Å²) in [7, 11) is 7.67. The van der Waals surface area contributed by atoms with Crippen LogP contribution in [-0.4, -0.2) is 10.2 Å². The molecule has 2 aliphatic heterocycles. The van der Waals surface area contributed by atoms with Crippen LogP contribution in [0.3, 0.4) is 0 Å². The highest BCUT2D eigenvalue weighted by Crippen LogP contribution is 2.42. The molecule has 0 aromatic heterocycles. The quantitative estimate of drug-likeness (QED) is 0.390. The normalized spacial score (nSPS) is 24.0. The third-order valence-corrected chi connectivity index (χ3v) is 2.12. The molecule has 2 fully saturated rings. The Hall–Kier alpha value is 1.40. The van der Waals surface area contributed by atoms with E-state index in [1.165, 1.54) is 10.2 Å². The molecule has 0 bridgehead atoms. The molecule has 36 valence electrons. The van der Waals surface area contributed by atoms with Gasteiger partial charge in [-0.1, -0.05) is 43.2 Å². The summed E-state index contributed by atoms with van der Waals surface area (Å²) in [5, 5.41) is 2.67. The Labute approximate surface area is 53.4 Å². The van der Waals surface area contributed by atoms with Gasteiger partial charge >= 0.3 is 0 Å². The Balaban J connectivity index is 0.0000000600. The smallest absolute Gasteiger partial charge is 0.0600 e. The van der Waals surface area contributed by atoms with Gasteiger partial charge in [0.2, 0.25) is 0 Å². The van der Waals surface area contributed by atoms with Crippen LogP contribution in [0.1, 0.15) is 0 Å². The van der Waals surface area contributed by atoms with Crippen molar-refractivity contribution in [3.8, 4) is 0 Å². The fraction of sp³-hybridized carbons (Fsp3) is 1.00. The van der Waals surface area contributed by atoms with Crippen molar-refractivity contribution in [3.63, 3.8) is 0 Å². The molecule has 0 spiro atoms. The second kappa shape index (κ2) is 3.41. The Morgan fingerprint density at radius 3 is 0.833 bits per heavy atom. The summed E-state index contributed by atoms with van der Waals surface area (Å²) >= 11 is 0. The molecule has 0 atom stereocenters. The van der Waals surface area contributed by atoms with Crippen LogP contribution in [0.15, 0.2) is 0 Å². The van der Waals surface area contributed by atoms with Crippen molar-refractivity contribution in [3.05, 3.63) is 0 Å². The van der Waals surface area contributed by atoms with Crippen molar-refractivity contribution < 1.29 is 0 Å². The van der Waals surface area contributed by atoms with Gasteiger partial charge in [0, 0.05) is 0 Å². The summed E-state index contributed by atoms with van der Waals surface area (Å²) in [4.78, 5) is 0. The Morgan fingerprint density at radius 1 is 0.667 bits per heavy atom. The van der Waals surface area contributed by atoms with Crippen LogP contribution in [0.25, 0.3) is 0 Å². The largest absolute Gasteiger partial charge is 0.0814 e. The van der Waals surface area contributed by atoms with Gasteiger partial charge < -0.3 is 0 Å². The minimum Gasteiger partial charge on any atom is -0.0814 e. The summed E-state index contributed by atoms with van der Waals surface area (Å²) in [6, 6.07) is 0. The zero-order valence-electron chi connectivity index (χ0n) is 3.05. The maximum Gasteiger partial charge on any atom is 0.0600 e. The van der Waals surface area contributed by atoms with Crippen molar-refractivity contribution in [1.82, 2.24) is 0 Å². The van der Waals surface area contributed by atoms with Crippen LogP contribution in [0.5, 0.6) is 0 Å². The molecule has 2 aliphatic rings. The Kier molecular flexibility index (Phi) is 3.14. The molecule has 0 amide bonds. The zero-order valence-corrected chi connectivity index (χ0v) is 6.31. The molecule has 0 aromatic carbocycles. The zero-order chi connectivity index (χ0) is 4.24. The van der Waals surface area contributed by atoms with E-state index in [2.05, 4.69) is 0 Å². The molecule has 0 aliphatic carbocycles. The lowest BCUT2D eigenvalue weighted by Crippen LogP contribution is -0.968. The van der Waals surface area contributed by atoms with Crippen molar-refractivity contribution >= 4 is 43.2 Å². The first kappa shape index (κ1) is 5.54. The second-order valence-corrected chi connectivity index (χ2v) is 6.36. The third-order valence-electron chi connectivity index (χ3n) is 0.236. The molecule has 0 nitrogen and oxygen atoms in total. The summed E-state index contributed by atoms with van der Waals surface area (Å²) in [6.07, 6.45) is 0. The highest BCUT2D eigenvalue weighted by Gasteiger charge is 1.97. The topological polar surface area (TPSA) is 0 Å². The molecule has 4 heteroatoms. The SMILES string of the molecule is C1SS1.C1SS1. The van der Waals surface area contributed by atoms with Crippen molar-refractivity contribution in [2.45, 2.75) is 0 Å². The van der Waals surface area contributed by atoms with E-state index in [1.807, 2.05) is 43.2 Å². The summed E-state index contributed by atoms with van der Waals surface area (Å²) in [5.41, 5.74) is 0. The number of rotatable bonds is 0. The Morgan fingerprint density at radius 2 is 0.833 bits per heavy atom. The van der Waals surface area contributed by atoms with E-state index in [1.54, 1.807) is 0 Å². The number of hydrogen-bond acceptors (Lipinski definition) is 4. The lowest BCUT2D eigenvalue weighted by atomic mass is 11.9. The van der Waals surface area contributed by atoms with Gasteiger partial charge in [-0.3, -0.25) is 0 Å². The van der Waals surface area contributed by atoms with E-state index in [0.29, 0.717) is 0 Å². The molecular formula is C2H4S4. The first-order chi connectivity index (χ1) is 3.00. The summed E-state index contributed by atoms with van der Waals surface area (Å²) < 4.78 is 0. The summed E-state index contributed by atoms with van der Waals surface area (Å²) in [5.74, 6) is 0. The van der Waals surface area contributed by atoms with E-state index in [-0.39, 0.29) is 0 Å². The van der Waals surface area contributed by atoms with E-state index in [9.17, 15) is 0 Å². The lowest BCUT2D eigenvalue weighted by Gasteiger charge is -1.08. The maximum atomic E-state index is 1.92. The minimum atomic E-state index is 1.33. The lowest BCUT2D eigenvalue weighted by molar-refractivity contribution is 2.43. The predicted octanol–water partition coefficient (Wildman–Crippen LogP) is 2.68. The molecule has 2 heterocycles. The monoisotopic (exact) mass is 156 g/mol. The third kappa shape index (κ3) is 9.04. The van der Waals surface area contributed by atoms with E-state index in [0.717, 1.165) is 0 Å². The van der Waals surface area contributed by atoms with Crippen LogP contribution in [0, 0.1) is 0 Å². The van der Waals surface area contributed by atoms with Crippen molar-refractivity contribution in [1.29, 1.82) is 0 Å². The van der Waals surface area contributed by atoms with Gasteiger partial charge in [-0.15, -0.1) is 0 Å². The molecule has 0 aromatic rings. The van der Waals surface area contributed by atoms with Gasteiger partial charge in [-0.25, -0.2) is 0 Å². The first-order valence-electron chi connectivity index (χ1n) is 1.49. The number of hydrogen-bond donors (Lipinski definition) is 0. The maximum absolute atomic E-state index is 1.92. The molecule has 0 N–H and O–H groups in total. The average Bonchev–Trinajstić information content (AvgIpc) is 2.31. The molecule has 6 heavy (non-hydrogen) atoms. The van der Waals surface area contributed by atoms with Crippen LogP contribution in [0.4, 0.5) is 0 Å². The molecule has 0 saturated carbocycles. The van der Waals surface area contributed by atoms with Crippen molar-refractivity contribution in [2.24, 2.45) is 0 Å². The van der Waals surface area contributed by atoms with E-state index >= 15 is 0 Å². The van der Waals surface area contributed by atoms with E-state index in [4.69, 9.17) is 0 Å². The van der Waals surface area contributed by atoms with Crippen LogP contribution in [-0.2, 0) is 0 Å². The Bertz CT molecular complexity index is 21.0. The first-order valence-corrected chi connectivity index (χ1v) is 6.46. The molecular weight excluding hydrogens is 152 g/mol. The van der Waals surface area contributed by atoms with Crippen molar-refractivity contribution in [2.75, 3.05) is 10.2 Å². The van der Waals surface area contributed by atoms with Gasteiger partial charge in [0.15, 0.2) is 0 Å². The molecule has 2 rings (SSSR count). The molecule has 2 saturated heterocycles. The average molecular weight is 156 g/mol. The van der Waals surface area contributed by atoms with Crippen LogP contribution < -0.4 is 0 Å². The molecule has 0 radical (unpaired) electrons. The fourth-order valence-electron chi connectivity index (χ4n) is 0. The highest BCUT2D eigenvalue weighted by atomic mass is 33.2. The minimum absolute atomic E-state index is 1.33. The van der Waals surface area contributed by atoms with Crippen LogP contribution in [0.2, 0.25) is 0 Å². The van der Waals surface area contributed by atoms with Gasteiger partial charge in [-0.2, -0.15) is 0 Å². The summed E-state index contributed by atoms with van der Waals surface area (Å²) in [6.45, 7) is 0. The van der Waals surface area contributed by atoms with Gasteiger partial charge in [-0.05, 0) is 0 Å². The van der Waals surface area contributed by atoms with Gasteiger partial charge in [0.05, 0.1) is 10.2 Å².